The smallest absolute Gasteiger partial charge is 0.259 e. The number of methoxy groups -OCH3 is 1. The number of para-hydroxylation sites is 2. The van der Waals surface area contributed by atoms with Gasteiger partial charge in [-0.15, -0.1) is 0 Å². The van der Waals surface area contributed by atoms with Crippen LogP contribution in [0.15, 0.2) is 73.1 Å². The second-order valence-electron chi connectivity index (χ2n) is 5.74. The molecule has 136 valence electrons. The van der Waals surface area contributed by atoms with Crippen LogP contribution in [-0.2, 0) is 6.54 Å². The Kier molecular flexibility index (Phi) is 5.79. The van der Waals surface area contributed by atoms with Crippen molar-refractivity contribution in [3.8, 4) is 5.75 Å². The fourth-order valence-corrected chi connectivity index (χ4v) is 2.59. The van der Waals surface area contributed by atoms with E-state index in [1.807, 2.05) is 12.1 Å². The van der Waals surface area contributed by atoms with Crippen molar-refractivity contribution in [1.29, 1.82) is 0 Å². The molecule has 0 radical (unpaired) electrons. The van der Waals surface area contributed by atoms with Crippen molar-refractivity contribution in [2.45, 2.75) is 6.54 Å². The highest BCUT2D eigenvalue weighted by atomic mass is 16.5. The Labute approximate surface area is 157 Å². The maximum absolute atomic E-state index is 12.6. The summed E-state index contributed by atoms with van der Waals surface area (Å²) in [6.07, 6.45) is 3.36. The molecule has 0 aliphatic rings. The van der Waals surface area contributed by atoms with Gasteiger partial charge in [-0.1, -0.05) is 30.3 Å². The first kappa shape index (κ1) is 18.1. The molecule has 0 spiro atoms. The van der Waals surface area contributed by atoms with E-state index in [0.717, 1.165) is 5.56 Å². The Hall–Kier alpha value is -3.67. The summed E-state index contributed by atoms with van der Waals surface area (Å²) >= 11 is 0. The van der Waals surface area contributed by atoms with Gasteiger partial charge in [0.15, 0.2) is 0 Å². The number of nitrogens with one attached hydrogen (secondary N) is 2. The molecular weight excluding hydrogens is 342 g/mol. The largest absolute Gasteiger partial charge is 0.496 e. The van der Waals surface area contributed by atoms with Crippen molar-refractivity contribution in [1.82, 2.24) is 10.3 Å². The Balaban J connectivity index is 1.75. The number of carbonyl (C=O) groups is 2. The molecule has 27 heavy (non-hydrogen) atoms. The normalized spacial score (nSPS) is 10.1. The van der Waals surface area contributed by atoms with Gasteiger partial charge in [-0.3, -0.25) is 14.6 Å². The lowest BCUT2D eigenvalue weighted by atomic mass is 10.1. The number of amides is 2. The fraction of sp³-hybridized carbons (Fsp3) is 0.0952. The fourth-order valence-electron chi connectivity index (χ4n) is 2.59. The second kappa shape index (κ2) is 8.62. The molecule has 0 atom stereocenters. The number of hydrogen-bond acceptors (Lipinski definition) is 4. The van der Waals surface area contributed by atoms with Crippen molar-refractivity contribution >= 4 is 17.5 Å². The predicted octanol–water partition coefficient (Wildman–Crippen LogP) is 3.27. The quantitative estimate of drug-likeness (QED) is 0.706. The van der Waals surface area contributed by atoms with E-state index in [0.29, 0.717) is 29.1 Å². The molecule has 2 aromatic carbocycles. The van der Waals surface area contributed by atoms with E-state index in [4.69, 9.17) is 4.74 Å². The summed E-state index contributed by atoms with van der Waals surface area (Å²) < 4.78 is 5.22. The SMILES string of the molecule is COc1ccccc1C(=O)Nc1ccccc1C(=O)NCc1cccnc1. The van der Waals surface area contributed by atoms with Crippen LogP contribution in [0.25, 0.3) is 0 Å². The highest BCUT2D eigenvalue weighted by molar-refractivity contribution is 6.10. The molecule has 0 aliphatic heterocycles. The average molecular weight is 361 g/mol. The number of ether oxygens (including phenoxy) is 1. The number of benzene rings is 2. The highest BCUT2D eigenvalue weighted by Gasteiger charge is 2.16. The third-order valence-corrected chi connectivity index (χ3v) is 3.95. The zero-order valence-corrected chi connectivity index (χ0v) is 14.8. The van der Waals surface area contributed by atoms with E-state index >= 15 is 0 Å². The Morgan fingerprint density at radius 3 is 2.41 bits per heavy atom. The van der Waals surface area contributed by atoms with Gasteiger partial charge in [-0.05, 0) is 35.9 Å². The van der Waals surface area contributed by atoms with Gasteiger partial charge in [0.05, 0.1) is 23.9 Å². The van der Waals surface area contributed by atoms with Crippen molar-refractivity contribution in [3.63, 3.8) is 0 Å². The molecule has 1 aromatic heterocycles. The number of pyridine rings is 1. The maximum atomic E-state index is 12.6. The van der Waals surface area contributed by atoms with Crippen LogP contribution < -0.4 is 15.4 Å². The highest BCUT2D eigenvalue weighted by Crippen LogP contribution is 2.21. The topological polar surface area (TPSA) is 80.3 Å². The number of rotatable bonds is 6. The van der Waals surface area contributed by atoms with Crippen LogP contribution in [0.5, 0.6) is 5.75 Å². The standard InChI is InChI=1S/C21H19N3O3/c1-27-19-11-5-3-9-17(19)21(26)24-18-10-4-2-8-16(18)20(25)23-14-15-7-6-12-22-13-15/h2-13H,14H2,1H3,(H,23,25)(H,24,26). The lowest BCUT2D eigenvalue weighted by molar-refractivity contribution is 0.0951. The molecule has 0 bridgehead atoms. The van der Waals surface area contributed by atoms with E-state index < -0.39 is 0 Å². The van der Waals surface area contributed by atoms with E-state index in [1.165, 1.54) is 7.11 Å². The Bertz CT molecular complexity index is 942. The second-order valence-corrected chi connectivity index (χ2v) is 5.74. The number of carbonyl (C=O) groups excluding carboxylic acids is 2. The first-order chi connectivity index (χ1) is 13.2. The minimum absolute atomic E-state index is 0.283. The van der Waals surface area contributed by atoms with Crippen LogP contribution in [0.1, 0.15) is 26.3 Å². The van der Waals surface area contributed by atoms with Crippen LogP contribution in [0.3, 0.4) is 0 Å². The first-order valence-electron chi connectivity index (χ1n) is 8.39. The molecule has 0 aliphatic carbocycles. The van der Waals surface area contributed by atoms with Gasteiger partial charge in [0.25, 0.3) is 11.8 Å². The van der Waals surface area contributed by atoms with Crippen LogP contribution in [0.4, 0.5) is 5.69 Å². The molecule has 0 saturated heterocycles. The number of anilines is 1. The summed E-state index contributed by atoms with van der Waals surface area (Å²) in [7, 11) is 1.51. The van der Waals surface area contributed by atoms with Crippen LogP contribution in [0.2, 0.25) is 0 Å². The Morgan fingerprint density at radius 2 is 1.67 bits per heavy atom. The molecule has 2 N–H and O–H groups in total. The average Bonchev–Trinajstić information content (AvgIpc) is 2.73. The molecule has 6 nitrogen and oxygen atoms in total. The number of aromatic nitrogens is 1. The van der Waals surface area contributed by atoms with Crippen molar-refractivity contribution in [2.75, 3.05) is 12.4 Å². The molecule has 0 unspecified atom stereocenters. The lowest BCUT2D eigenvalue weighted by Gasteiger charge is -2.13. The molecule has 3 rings (SSSR count). The molecule has 6 heteroatoms. The predicted molar refractivity (Wildman–Crippen MR) is 103 cm³/mol. The molecule has 2 amide bonds. The Morgan fingerprint density at radius 1 is 0.926 bits per heavy atom. The third kappa shape index (κ3) is 4.49. The molecule has 0 saturated carbocycles. The summed E-state index contributed by atoms with van der Waals surface area (Å²) in [5.74, 6) is -0.164. The summed E-state index contributed by atoms with van der Waals surface area (Å²) in [6.45, 7) is 0.349. The number of nitrogens with zero attached hydrogens (tertiary/aromatic N) is 1. The summed E-state index contributed by atoms with van der Waals surface area (Å²) in [6, 6.07) is 17.5. The van der Waals surface area contributed by atoms with Gasteiger partial charge in [0, 0.05) is 18.9 Å². The van der Waals surface area contributed by atoms with Crippen LogP contribution in [0, 0.1) is 0 Å². The zero-order valence-electron chi connectivity index (χ0n) is 14.8. The van der Waals surface area contributed by atoms with Gasteiger partial charge in [-0.25, -0.2) is 0 Å². The van der Waals surface area contributed by atoms with E-state index in [9.17, 15) is 9.59 Å². The van der Waals surface area contributed by atoms with E-state index in [1.54, 1.807) is 60.9 Å². The van der Waals surface area contributed by atoms with Gasteiger partial charge >= 0.3 is 0 Å². The van der Waals surface area contributed by atoms with Crippen molar-refractivity contribution in [2.24, 2.45) is 0 Å². The van der Waals surface area contributed by atoms with E-state index in [-0.39, 0.29) is 11.8 Å². The lowest BCUT2D eigenvalue weighted by Crippen LogP contribution is -2.25. The minimum Gasteiger partial charge on any atom is -0.496 e. The minimum atomic E-state index is -0.347. The van der Waals surface area contributed by atoms with E-state index in [2.05, 4.69) is 15.6 Å². The molecule has 0 fully saturated rings. The van der Waals surface area contributed by atoms with Crippen LogP contribution >= 0.6 is 0 Å². The summed E-state index contributed by atoms with van der Waals surface area (Å²) in [5.41, 5.74) is 2.09. The summed E-state index contributed by atoms with van der Waals surface area (Å²) in [5, 5.41) is 5.62. The van der Waals surface area contributed by atoms with Gasteiger partial charge in [0.2, 0.25) is 0 Å². The zero-order chi connectivity index (χ0) is 19.1. The maximum Gasteiger partial charge on any atom is 0.259 e. The van der Waals surface area contributed by atoms with Gasteiger partial charge in [-0.2, -0.15) is 0 Å². The van der Waals surface area contributed by atoms with Crippen molar-refractivity contribution < 1.29 is 14.3 Å². The molecule has 1 heterocycles. The molecular formula is C21H19N3O3. The third-order valence-electron chi connectivity index (χ3n) is 3.95. The first-order valence-corrected chi connectivity index (χ1v) is 8.39. The monoisotopic (exact) mass is 361 g/mol. The molecule has 3 aromatic rings. The van der Waals surface area contributed by atoms with Gasteiger partial charge < -0.3 is 15.4 Å². The van der Waals surface area contributed by atoms with Crippen molar-refractivity contribution in [3.05, 3.63) is 89.7 Å². The summed E-state index contributed by atoms with van der Waals surface area (Å²) in [4.78, 5) is 29.2. The van der Waals surface area contributed by atoms with Crippen LogP contribution in [-0.4, -0.2) is 23.9 Å². The van der Waals surface area contributed by atoms with Gasteiger partial charge in [0.1, 0.15) is 5.75 Å². The number of hydrogen-bond donors (Lipinski definition) is 2.